The van der Waals surface area contributed by atoms with Gasteiger partial charge in [-0.2, -0.15) is 0 Å². The van der Waals surface area contributed by atoms with Crippen LogP contribution in [0.15, 0.2) is 18.2 Å². The van der Waals surface area contributed by atoms with Crippen LogP contribution in [0.3, 0.4) is 0 Å². The molecule has 1 fully saturated rings. The normalized spacial score (nSPS) is 17.3. The van der Waals surface area contributed by atoms with Crippen LogP contribution in [-0.4, -0.2) is 29.8 Å². The lowest BCUT2D eigenvalue weighted by atomic mass is 9.85. The van der Waals surface area contributed by atoms with Crippen molar-refractivity contribution in [3.8, 4) is 5.75 Å². The van der Waals surface area contributed by atoms with Gasteiger partial charge in [0.2, 0.25) is 0 Å². The van der Waals surface area contributed by atoms with E-state index in [0.29, 0.717) is 6.54 Å². The lowest BCUT2D eigenvalue weighted by Crippen LogP contribution is -2.45. The third kappa shape index (κ3) is 4.46. The Balaban J connectivity index is 1.80. The molecule has 4 heteroatoms. The summed E-state index contributed by atoms with van der Waals surface area (Å²) in [5, 5.41) is 13.1. The summed E-state index contributed by atoms with van der Waals surface area (Å²) in [6.07, 6.45) is 4.78. The molecular formula is C17H25NO3. The Labute approximate surface area is 126 Å². The van der Waals surface area contributed by atoms with Gasteiger partial charge in [0.25, 0.3) is 5.91 Å². The van der Waals surface area contributed by atoms with E-state index in [9.17, 15) is 9.90 Å². The van der Waals surface area contributed by atoms with Gasteiger partial charge in [-0.15, -0.1) is 0 Å². The highest BCUT2D eigenvalue weighted by molar-refractivity contribution is 5.77. The molecule has 1 saturated carbocycles. The Kier molecular flexibility index (Phi) is 5.23. The van der Waals surface area contributed by atoms with Gasteiger partial charge in [0.1, 0.15) is 5.75 Å². The molecule has 1 aromatic rings. The first-order valence-corrected chi connectivity index (χ1v) is 7.68. The second kappa shape index (κ2) is 6.94. The van der Waals surface area contributed by atoms with E-state index in [0.717, 1.165) is 42.6 Å². The third-order valence-corrected chi connectivity index (χ3v) is 4.16. The summed E-state index contributed by atoms with van der Waals surface area (Å²) in [6.45, 7) is 4.24. The number of aryl methyl sites for hydroxylation is 2. The molecule has 1 aliphatic rings. The van der Waals surface area contributed by atoms with Crippen LogP contribution in [0.1, 0.15) is 43.2 Å². The number of aliphatic hydroxyl groups is 1. The lowest BCUT2D eigenvalue weighted by molar-refractivity contribution is -0.124. The molecule has 0 unspecified atom stereocenters. The number of nitrogens with one attached hydrogen (secondary N) is 1. The van der Waals surface area contributed by atoms with Crippen LogP contribution >= 0.6 is 0 Å². The monoisotopic (exact) mass is 291 g/mol. The number of carbonyl (C=O) groups is 1. The summed E-state index contributed by atoms with van der Waals surface area (Å²) in [6, 6.07) is 5.89. The molecule has 4 nitrogen and oxygen atoms in total. The maximum Gasteiger partial charge on any atom is 0.258 e. The van der Waals surface area contributed by atoms with Gasteiger partial charge in [-0.25, -0.2) is 0 Å². The van der Waals surface area contributed by atoms with Crippen molar-refractivity contribution in [2.45, 2.75) is 51.6 Å². The average molecular weight is 291 g/mol. The van der Waals surface area contributed by atoms with E-state index in [1.807, 2.05) is 32.0 Å². The van der Waals surface area contributed by atoms with Gasteiger partial charge in [0, 0.05) is 6.54 Å². The maximum absolute atomic E-state index is 11.9. The first kappa shape index (κ1) is 15.8. The van der Waals surface area contributed by atoms with Crippen LogP contribution in [0, 0.1) is 13.8 Å². The van der Waals surface area contributed by atoms with E-state index in [1.54, 1.807) is 0 Å². The summed E-state index contributed by atoms with van der Waals surface area (Å²) in [5.74, 6) is 0.584. The highest BCUT2D eigenvalue weighted by Gasteiger charge is 2.29. The number of rotatable bonds is 5. The molecule has 0 saturated heterocycles. The quantitative estimate of drug-likeness (QED) is 0.876. The van der Waals surface area contributed by atoms with Crippen LogP contribution < -0.4 is 10.1 Å². The number of hydrogen-bond donors (Lipinski definition) is 2. The van der Waals surface area contributed by atoms with Crippen molar-refractivity contribution in [1.82, 2.24) is 5.32 Å². The van der Waals surface area contributed by atoms with Crippen LogP contribution in [0.4, 0.5) is 0 Å². The number of hydrogen-bond acceptors (Lipinski definition) is 3. The van der Waals surface area contributed by atoms with Crippen molar-refractivity contribution in [3.05, 3.63) is 29.3 Å². The fourth-order valence-electron chi connectivity index (χ4n) is 2.87. The molecule has 21 heavy (non-hydrogen) atoms. The molecule has 0 atom stereocenters. The zero-order valence-electron chi connectivity index (χ0n) is 12.9. The summed E-state index contributed by atoms with van der Waals surface area (Å²) < 4.78 is 5.61. The molecule has 2 N–H and O–H groups in total. The number of para-hydroxylation sites is 1. The van der Waals surface area contributed by atoms with Crippen molar-refractivity contribution in [1.29, 1.82) is 0 Å². The van der Waals surface area contributed by atoms with Gasteiger partial charge in [0.05, 0.1) is 5.60 Å². The average Bonchev–Trinajstić information content (AvgIpc) is 2.45. The van der Waals surface area contributed by atoms with E-state index in [4.69, 9.17) is 4.74 Å². The molecular weight excluding hydrogens is 266 g/mol. The molecule has 2 rings (SSSR count). The minimum Gasteiger partial charge on any atom is -0.483 e. The first-order valence-electron chi connectivity index (χ1n) is 7.68. The predicted octanol–water partition coefficient (Wildman–Crippen LogP) is 2.49. The van der Waals surface area contributed by atoms with Crippen LogP contribution in [-0.2, 0) is 4.79 Å². The van der Waals surface area contributed by atoms with Gasteiger partial charge in [-0.3, -0.25) is 4.79 Å². The maximum atomic E-state index is 11.9. The van der Waals surface area contributed by atoms with Gasteiger partial charge < -0.3 is 15.2 Å². The van der Waals surface area contributed by atoms with Gasteiger partial charge in [-0.05, 0) is 37.8 Å². The number of benzene rings is 1. The smallest absolute Gasteiger partial charge is 0.258 e. The van der Waals surface area contributed by atoms with Crippen molar-refractivity contribution in [2.24, 2.45) is 0 Å². The second-order valence-corrected chi connectivity index (χ2v) is 6.07. The van der Waals surface area contributed by atoms with E-state index in [1.165, 1.54) is 6.42 Å². The number of amides is 1. The highest BCUT2D eigenvalue weighted by Crippen LogP contribution is 2.27. The topological polar surface area (TPSA) is 58.6 Å². The Hall–Kier alpha value is -1.55. The van der Waals surface area contributed by atoms with Crippen LogP contribution in [0.2, 0.25) is 0 Å². The fourth-order valence-corrected chi connectivity index (χ4v) is 2.87. The van der Waals surface area contributed by atoms with Crippen LogP contribution in [0.25, 0.3) is 0 Å². The van der Waals surface area contributed by atoms with Crippen molar-refractivity contribution < 1.29 is 14.6 Å². The standard InChI is InChI=1S/C17H25NO3/c1-13-7-6-8-14(2)16(13)21-11-15(19)18-12-17(20)9-4-3-5-10-17/h6-8,20H,3-5,9-12H2,1-2H3,(H,18,19). The molecule has 0 bridgehead atoms. The van der Waals surface area contributed by atoms with Crippen molar-refractivity contribution >= 4 is 5.91 Å². The summed E-state index contributed by atoms with van der Waals surface area (Å²) in [4.78, 5) is 11.9. The molecule has 1 amide bonds. The largest absolute Gasteiger partial charge is 0.483 e. The van der Waals surface area contributed by atoms with Gasteiger partial charge in [0.15, 0.2) is 6.61 Å². The minimum atomic E-state index is -0.730. The summed E-state index contributed by atoms with van der Waals surface area (Å²) >= 11 is 0. The zero-order valence-corrected chi connectivity index (χ0v) is 12.9. The number of carbonyl (C=O) groups excluding carboxylic acids is 1. The third-order valence-electron chi connectivity index (χ3n) is 4.16. The van der Waals surface area contributed by atoms with E-state index in [-0.39, 0.29) is 12.5 Å². The minimum absolute atomic E-state index is 0.0121. The Morgan fingerprint density at radius 2 is 1.86 bits per heavy atom. The molecule has 1 aliphatic carbocycles. The summed E-state index contributed by atoms with van der Waals surface area (Å²) in [7, 11) is 0. The molecule has 0 spiro atoms. The van der Waals surface area contributed by atoms with Gasteiger partial charge in [-0.1, -0.05) is 37.5 Å². The Morgan fingerprint density at radius 1 is 1.24 bits per heavy atom. The molecule has 0 heterocycles. The summed E-state index contributed by atoms with van der Waals surface area (Å²) in [5.41, 5.74) is 1.31. The first-order chi connectivity index (χ1) is 10.0. The van der Waals surface area contributed by atoms with Crippen molar-refractivity contribution in [2.75, 3.05) is 13.2 Å². The molecule has 116 valence electrons. The fraction of sp³-hybridized carbons (Fsp3) is 0.588. The van der Waals surface area contributed by atoms with Crippen molar-refractivity contribution in [3.63, 3.8) is 0 Å². The second-order valence-electron chi connectivity index (χ2n) is 6.07. The molecule has 0 radical (unpaired) electrons. The van der Waals surface area contributed by atoms with E-state index < -0.39 is 5.60 Å². The van der Waals surface area contributed by atoms with E-state index in [2.05, 4.69) is 5.32 Å². The predicted molar refractivity (Wildman–Crippen MR) is 82.5 cm³/mol. The zero-order chi connectivity index (χ0) is 15.3. The van der Waals surface area contributed by atoms with Crippen LogP contribution in [0.5, 0.6) is 5.75 Å². The lowest BCUT2D eigenvalue weighted by Gasteiger charge is -2.32. The number of ether oxygens (including phenoxy) is 1. The highest BCUT2D eigenvalue weighted by atomic mass is 16.5. The Morgan fingerprint density at radius 3 is 2.48 bits per heavy atom. The van der Waals surface area contributed by atoms with E-state index >= 15 is 0 Å². The molecule has 0 aromatic heterocycles. The molecule has 0 aliphatic heterocycles. The SMILES string of the molecule is Cc1cccc(C)c1OCC(=O)NCC1(O)CCCCC1. The Bertz CT molecular complexity index is 473. The van der Waals surface area contributed by atoms with Gasteiger partial charge >= 0.3 is 0 Å². The molecule has 1 aromatic carbocycles.